The van der Waals surface area contributed by atoms with E-state index in [9.17, 15) is 4.79 Å². The second-order valence-electron chi connectivity index (χ2n) is 6.96. The monoisotopic (exact) mass is 285 g/mol. The van der Waals surface area contributed by atoms with Gasteiger partial charge < -0.3 is 22.0 Å². The first-order valence-corrected chi connectivity index (χ1v) is 7.65. The first kappa shape index (κ1) is 20.4. The van der Waals surface area contributed by atoms with Gasteiger partial charge in [-0.3, -0.25) is 0 Å². The van der Waals surface area contributed by atoms with Crippen LogP contribution in [0.2, 0.25) is 0 Å². The van der Waals surface area contributed by atoms with Crippen LogP contribution in [0.3, 0.4) is 0 Å². The summed E-state index contributed by atoms with van der Waals surface area (Å²) in [6.07, 6.45) is 13.5. The summed E-state index contributed by atoms with van der Waals surface area (Å²) in [7, 11) is 1.81. The van der Waals surface area contributed by atoms with Crippen molar-refractivity contribution >= 4 is 6.09 Å². The molecular weight excluding hydrogens is 257 g/mol. The molecule has 0 aromatic heterocycles. The van der Waals surface area contributed by atoms with Crippen molar-refractivity contribution in [1.29, 1.82) is 0 Å². The third kappa shape index (κ3) is 8.45. The Balaban J connectivity index is 0.00000400. The fraction of sp³-hybridized carbons (Fsp3) is 0.824. The van der Waals surface area contributed by atoms with Crippen molar-refractivity contribution in [2.75, 3.05) is 13.6 Å². The third-order valence-corrected chi connectivity index (χ3v) is 3.93. The first-order chi connectivity index (χ1) is 9.31. The predicted octanol–water partition coefficient (Wildman–Crippen LogP) is 1.03. The molecule has 0 heterocycles. The Morgan fingerprint density at radius 1 is 1.24 bits per heavy atom. The number of amides is 1. The summed E-state index contributed by atoms with van der Waals surface area (Å²) in [6.45, 7) is 6.43. The molecule has 0 N–H and O–H groups in total. The molecule has 114 valence electrons. The number of rotatable bonds is 4. The molecule has 0 aromatic carbocycles. The van der Waals surface area contributed by atoms with Gasteiger partial charge in [0.1, 0.15) is 5.60 Å². The van der Waals surface area contributed by atoms with Gasteiger partial charge in [0.15, 0.2) is 0 Å². The molecule has 0 radical (unpaired) electrons. The maximum Gasteiger partial charge on any atom is 1.00 e. The van der Waals surface area contributed by atoms with E-state index in [1.54, 1.807) is 4.90 Å². The number of carbonyl (C=O) groups excluding carboxylic acids is 1. The molecule has 1 saturated carbocycles. The molecule has 1 fully saturated rings. The minimum Gasteiger partial charge on any atom is -0.694 e. The van der Waals surface area contributed by atoms with Crippen LogP contribution in [0.15, 0.2) is 0 Å². The zero-order valence-electron chi connectivity index (χ0n) is 14.4. The van der Waals surface area contributed by atoms with E-state index in [1.165, 1.54) is 25.7 Å². The molecule has 1 rings (SSSR count). The standard InChI is InChI=1S/C17H28NO2.Li/c1-6-7-14-8-10-15(11-9-14)12-13-18(5)16(19)20-17(2,3)4;/h14-15H,7-13H2,2-5H3;/q-1;+1. The number of carbonyl (C=O) groups is 1. The van der Waals surface area contributed by atoms with Crippen molar-refractivity contribution in [3.05, 3.63) is 6.42 Å². The van der Waals surface area contributed by atoms with Gasteiger partial charge in [0, 0.05) is 13.6 Å². The van der Waals surface area contributed by atoms with Crippen molar-refractivity contribution < 1.29 is 28.4 Å². The van der Waals surface area contributed by atoms with Gasteiger partial charge in [0.05, 0.1) is 0 Å². The molecule has 0 spiro atoms. The summed E-state index contributed by atoms with van der Waals surface area (Å²) < 4.78 is 5.35. The smallest absolute Gasteiger partial charge is 0.694 e. The van der Waals surface area contributed by atoms with Crippen LogP contribution in [-0.4, -0.2) is 30.2 Å². The Morgan fingerprint density at radius 2 is 1.76 bits per heavy atom. The van der Waals surface area contributed by atoms with E-state index in [1.807, 2.05) is 27.8 Å². The van der Waals surface area contributed by atoms with Crippen LogP contribution in [0.25, 0.3) is 0 Å². The van der Waals surface area contributed by atoms with E-state index in [4.69, 9.17) is 11.2 Å². The quantitative estimate of drug-likeness (QED) is 0.439. The minimum absolute atomic E-state index is 0. The Labute approximate surface area is 142 Å². The van der Waals surface area contributed by atoms with Gasteiger partial charge >= 0.3 is 25.0 Å². The second kappa shape index (κ2) is 9.45. The topological polar surface area (TPSA) is 29.5 Å². The average molecular weight is 285 g/mol. The molecule has 1 aliphatic carbocycles. The van der Waals surface area contributed by atoms with Crippen LogP contribution in [0.5, 0.6) is 0 Å². The largest absolute Gasteiger partial charge is 1.00 e. The Morgan fingerprint density at radius 3 is 2.24 bits per heavy atom. The molecule has 0 unspecified atom stereocenters. The Kier molecular flexibility index (Phi) is 9.19. The summed E-state index contributed by atoms with van der Waals surface area (Å²) in [5, 5.41) is 0. The number of ether oxygens (including phenoxy) is 1. The van der Waals surface area contributed by atoms with Gasteiger partial charge in [-0.05, 0) is 58.3 Å². The van der Waals surface area contributed by atoms with Gasteiger partial charge in [-0.1, -0.05) is 12.8 Å². The van der Waals surface area contributed by atoms with Crippen LogP contribution in [-0.2, 0) is 4.74 Å². The third-order valence-electron chi connectivity index (χ3n) is 3.93. The Bertz CT molecular complexity index is 349. The van der Waals surface area contributed by atoms with Crippen molar-refractivity contribution in [2.45, 2.75) is 64.9 Å². The zero-order chi connectivity index (χ0) is 15.2. The summed E-state index contributed by atoms with van der Waals surface area (Å²) in [5.74, 6) is 3.89. The van der Waals surface area contributed by atoms with Gasteiger partial charge in [-0.15, -0.1) is 0 Å². The van der Waals surface area contributed by atoms with Crippen molar-refractivity contribution in [1.82, 2.24) is 4.90 Å². The molecule has 0 aliphatic heterocycles. The zero-order valence-corrected chi connectivity index (χ0v) is 14.4. The molecule has 0 bridgehead atoms. The van der Waals surface area contributed by atoms with Gasteiger partial charge in [-0.25, -0.2) is 4.79 Å². The molecule has 0 aromatic rings. The maximum atomic E-state index is 11.8. The molecule has 1 amide bonds. The van der Waals surface area contributed by atoms with E-state index < -0.39 is 5.60 Å². The first-order valence-electron chi connectivity index (χ1n) is 7.65. The fourth-order valence-corrected chi connectivity index (χ4v) is 2.68. The molecule has 1 aliphatic rings. The molecule has 3 nitrogen and oxygen atoms in total. The summed E-state index contributed by atoms with van der Waals surface area (Å²) in [4.78, 5) is 13.5. The Hall–Kier alpha value is -0.573. The molecular formula is C17H28LiNO2. The number of hydrogen-bond donors (Lipinski definition) is 0. The van der Waals surface area contributed by atoms with E-state index in [-0.39, 0.29) is 25.0 Å². The van der Waals surface area contributed by atoms with Crippen LogP contribution < -0.4 is 18.9 Å². The summed E-state index contributed by atoms with van der Waals surface area (Å²) >= 11 is 0. The summed E-state index contributed by atoms with van der Waals surface area (Å²) in [6, 6.07) is 0. The molecule has 4 heteroatoms. The van der Waals surface area contributed by atoms with Crippen LogP contribution in [0.4, 0.5) is 4.79 Å². The number of hydrogen-bond acceptors (Lipinski definition) is 2. The molecule has 0 atom stereocenters. The van der Waals surface area contributed by atoms with Crippen molar-refractivity contribution in [2.24, 2.45) is 11.8 Å². The van der Waals surface area contributed by atoms with Gasteiger partial charge in [0.2, 0.25) is 0 Å². The van der Waals surface area contributed by atoms with E-state index in [0.29, 0.717) is 11.8 Å². The number of nitrogens with zero attached hydrogens (tertiary/aromatic N) is 1. The second-order valence-corrected chi connectivity index (χ2v) is 6.96. The SMILES string of the molecule is [C-]#CCC1CCC(CCN(C)C(=O)OC(C)(C)C)CC1.[Li+]. The van der Waals surface area contributed by atoms with E-state index in [2.05, 4.69) is 5.92 Å². The van der Waals surface area contributed by atoms with Gasteiger partial charge in [-0.2, -0.15) is 0 Å². The molecule has 0 saturated heterocycles. The molecule has 21 heavy (non-hydrogen) atoms. The average Bonchev–Trinajstić information content (AvgIpc) is 2.36. The van der Waals surface area contributed by atoms with E-state index >= 15 is 0 Å². The normalized spacial score (nSPS) is 21.9. The van der Waals surface area contributed by atoms with E-state index in [0.717, 1.165) is 19.4 Å². The minimum atomic E-state index is -0.424. The van der Waals surface area contributed by atoms with Crippen LogP contribution >= 0.6 is 0 Å². The van der Waals surface area contributed by atoms with Gasteiger partial charge in [0.25, 0.3) is 0 Å². The van der Waals surface area contributed by atoms with Crippen LogP contribution in [0, 0.1) is 24.2 Å². The fourth-order valence-electron chi connectivity index (χ4n) is 2.68. The summed E-state index contributed by atoms with van der Waals surface area (Å²) in [5.41, 5.74) is -0.424. The van der Waals surface area contributed by atoms with Crippen molar-refractivity contribution in [3.8, 4) is 5.92 Å². The predicted molar refractivity (Wildman–Crippen MR) is 80.7 cm³/mol. The van der Waals surface area contributed by atoms with Crippen LogP contribution in [0.1, 0.15) is 59.3 Å². The van der Waals surface area contributed by atoms with Crippen molar-refractivity contribution in [3.63, 3.8) is 0 Å². The maximum absolute atomic E-state index is 11.8.